The Balaban J connectivity index is 1.36. The molecule has 1 saturated carbocycles. The number of benzene rings is 1. The molecule has 0 bridgehead atoms. The lowest BCUT2D eigenvalue weighted by Gasteiger charge is -2.30. The van der Waals surface area contributed by atoms with E-state index in [1.54, 1.807) is 0 Å². The Morgan fingerprint density at radius 3 is 2.50 bits per heavy atom. The van der Waals surface area contributed by atoms with Crippen LogP contribution in [0.15, 0.2) is 35.7 Å². The Morgan fingerprint density at radius 1 is 1.04 bits per heavy atom. The van der Waals surface area contributed by atoms with Gasteiger partial charge in [-0.2, -0.15) is 4.98 Å². The molecule has 5 nitrogen and oxygen atoms in total. The molecule has 6 heteroatoms. The first-order chi connectivity index (χ1) is 13.6. The van der Waals surface area contributed by atoms with Crippen LogP contribution in [0.25, 0.3) is 10.9 Å². The number of rotatable bonds is 6. The van der Waals surface area contributed by atoms with Crippen molar-refractivity contribution in [3.05, 3.63) is 46.2 Å². The van der Waals surface area contributed by atoms with E-state index >= 15 is 0 Å². The van der Waals surface area contributed by atoms with Crippen molar-refractivity contribution in [2.45, 2.75) is 51.2 Å². The van der Waals surface area contributed by atoms with E-state index in [1.807, 2.05) is 37.6 Å². The highest BCUT2D eigenvalue weighted by atomic mass is 32.1. The zero-order valence-corrected chi connectivity index (χ0v) is 17.7. The average molecular weight is 396 g/mol. The van der Waals surface area contributed by atoms with Crippen molar-refractivity contribution in [2.75, 3.05) is 24.3 Å². The van der Waals surface area contributed by atoms with Gasteiger partial charge in [-0.1, -0.05) is 12.1 Å². The third-order valence-electron chi connectivity index (χ3n) is 5.59. The van der Waals surface area contributed by atoms with Crippen LogP contribution in [-0.2, 0) is 6.54 Å². The molecule has 4 rings (SSSR count). The highest BCUT2D eigenvalue weighted by molar-refractivity contribution is 7.10. The first kappa shape index (κ1) is 19.2. The largest absolute Gasteiger partial charge is 0.362 e. The molecule has 1 aliphatic rings. The Morgan fingerprint density at radius 2 is 1.79 bits per heavy atom. The zero-order valence-electron chi connectivity index (χ0n) is 16.9. The lowest BCUT2D eigenvalue weighted by Crippen LogP contribution is -2.36. The molecule has 0 saturated heterocycles. The standard InChI is InChI=1S/C22H29N5S/c1-15-12-13-28-20(15)14-23-16-8-10-17(11-9-16)24-22-25-19-7-5-4-6-18(19)21(26-22)27(2)3/h4-7,12-13,16-17,23H,8-11,14H2,1-3H3,(H,24,25,26). The quantitative estimate of drug-likeness (QED) is 0.640. The minimum atomic E-state index is 0.442. The first-order valence-corrected chi connectivity index (χ1v) is 10.9. The van der Waals surface area contributed by atoms with Crippen molar-refractivity contribution in [2.24, 2.45) is 0 Å². The molecule has 148 valence electrons. The summed E-state index contributed by atoms with van der Waals surface area (Å²) in [5.41, 5.74) is 2.39. The van der Waals surface area contributed by atoms with E-state index in [4.69, 9.17) is 9.97 Å². The number of para-hydroxylation sites is 1. The van der Waals surface area contributed by atoms with Crippen molar-refractivity contribution in [3.63, 3.8) is 0 Å². The second-order valence-corrected chi connectivity index (χ2v) is 8.88. The molecule has 1 aliphatic carbocycles. The summed E-state index contributed by atoms with van der Waals surface area (Å²) >= 11 is 1.85. The third-order valence-corrected chi connectivity index (χ3v) is 6.61. The van der Waals surface area contributed by atoms with E-state index < -0.39 is 0 Å². The van der Waals surface area contributed by atoms with Crippen LogP contribution in [0.4, 0.5) is 11.8 Å². The fourth-order valence-electron chi connectivity index (χ4n) is 3.91. The molecule has 0 amide bonds. The lowest BCUT2D eigenvalue weighted by molar-refractivity contribution is 0.353. The average Bonchev–Trinajstić information content (AvgIpc) is 3.11. The fourth-order valence-corrected chi connectivity index (χ4v) is 4.77. The van der Waals surface area contributed by atoms with E-state index in [2.05, 4.69) is 46.0 Å². The zero-order chi connectivity index (χ0) is 19.5. The first-order valence-electron chi connectivity index (χ1n) is 10.1. The number of aromatic nitrogens is 2. The summed E-state index contributed by atoms with van der Waals surface area (Å²) in [4.78, 5) is 13.0. The van der Waals surface area contributed by atoms with Crippen LogP contribution in [0.1, 0.15) is 36.1 Å². The monoisotopic (exact) mass is 395 g/mol. The summed E-state index contributed by atoms with van der Waals surface area (Å²) < 4.78 is 0. The van der Waals surface area contributed by atoms with Crippen molar-refractivity contribution >= 4 is 34.0 Å². The molecule has 3 aromatic rings. The fraction of sp³-hybridized carbons (Fsp3) is 0.455. The van der Waals surface area contributed by atoms with Gasteiger partial charge in [0, 0.05) is 43.0 Å². The van der Waals surface area contributed by atoms with Crippen LogP contribution in [0.2, 0.25) is 0 Å². The molecular formula is C22H29N5S. The molecule has 2 aromatic heterocycles. The van der Waals surface area contributed by atoms with Crippen molar-refractivity contribution in [1.82, 2.24) is 15.3 Å². The molecule has 28 heavy (non-hydrogen) atoms. The Hall–Kier alpha value is -2.18. The highest BCUT2D eigenvalue weighted by Crippen LogP contribution is 2.26. The van der Waals surface area contributed by atoms with Gasteiger partial charge in [0.1, 0.15) is 5.82 Å². The minimum Gasteiger partial charge on any atom is -0.362 e. The number of nitrogens with one attached hydrogen (secondary N) is 2. The summed E-state index contributed by atoms with van der Waals surface area (Å²) in [5.74, 6) is 1.71. The highest BCUT2D eigenvalue weighted by Gasteiger charge is 2.22. The molecule has 2 heterocycles. The van der Waals surface area contributed by atoms with Crippen LogP contribution in [0.5, 0.6) is 0 Å². The molecule has 0 atom stereocenters. The summed E-state index contributed by atoms with van der Waals surface area (Å²) in [7, 11) is 4.06. The van der Waals surface area contributed by atoms with Crippen LogP contribution in [0.3, 0.4) is 0 Å². The molecule has 0 aliphatic heterocycles. The molecule has 0 unspecified atom stereocenters. The van der Waals surface area contributed by atoms with Gasteiger partial charge in [-0.15, -0.1) is 11.3 Å². The molecule has 0 radical (unpaired) electrons. The number of thiophene rings is 1. The second-order valence-electron chi connectivity index (χ2n) is 7.88. The predicted octanol–water partition coefficient (Wildman–Crippen LogP) is 4.58. The number of hydrogen-bond donors (Lipinski definition) is 2. The molecule has 1 aromatic carbocycles. The number of aryl methyl sites for hydroxylation is 1. The maximum atomic E-state index is 4.78. The van der Waals surface area contributed by atoms with E-state index in [0.717, 1.165) is 42.1 Å². The van der Waals surface area contributed by atoms with Gasteiger partial charge in [-0.3, -0.25) is 0 Å². The van der Waals surface area contributed by atoms with Crippen molar-refractivity contribution < 1.29 is 0 Å². The summed E-state index contributed by atoms with van der Waals surface area (Å²) in [6.45, 7) is 3.19. The van der Waals surface area contributed by atoms with Crippen LogP contribution >= 0.6 is 11.3 Å². The van der Waals surface area contributed by atoms with Gasteiger partial charge in [0.2, 0.25) is 5.95 Å². The summed E-state index contributed by atoms with van der Waals surface area (Å²) in [6, 6.07) is 11.5. The van der Waals surface area contributed by atoms with Gasteiger partial charge < -0.3 is 15.5 Å². The second kappa shape index (κ2) is 8.45. The van der Waals surface area contributed by atoms with Gasteiger partial charge in [0.25, 0.3) is 0 Å². The van der Waals surface area contributed by atoms with E-state index in [9.17, 15) is 0 Å². The Bertz CT molecular complexity index is 928. The van der Waals surface area contributed by atoms with E-state index in [-0.39, 0.29) is 0 Å². The van der Waals surface area contributed by atoms with Crippen LogP contribution in [0, 0.1) is 6.92 Å². The number of hydrogen-bond acceptors (Lipinski definition) is 6. The lowest BCUT2D eigenvalue weighted by atomic mass is 9.91. The predicted molar refractivity (Wildman–Crippen MR) is 119 cm³/mol. The van der Waals surface area contributed by atoms with E-state index in [1.165, 1.54) is 23.3 Å². The normalized spacial score (nSPS) is 19.7. The van der Waals surface area contributed by atoms with Gasteiger partial charge in [-0.05, 0) is 61.7 Å². The van der Waals surface area contributed by atoms with E-state index in [0.29, 0.717) is 12.1 Å². The maximum Gasteiger partial charge on any atom is 0.225 e. The van der Waals surface area contributed by atoms with Gasteiger partial charge >= 0.3 is 0 Å². The number of fused-ring (bicyclic) bond motifs is 1. The van der Waals surface area contributed by atoms with Crippen molar-refractivity contribution in [3.8, 4) is 0 Å². The van der Waals surface area contributed by atoms with Crippen molar-refractivity contribution in [1.29, 1.82) is 0 Å². The van der Waals surface area contributed by atoms with Gasteiger partial charge in [-0.25, -0.2) is 4.98 Å². The molecular weight excluding hydrogens is 366 g/mol. The molecule has 1 fully saturated rings. The SMILES string of the molecule is Cc1ccsc1CNC1CCC(Nc2nc(N(C)C)c3ccccc3n2)CC1. The molecule has 2 N–H and O–H groups in total. The van der Waals surface area contributed by atoms with Gasteiger partial charge in [0.05, 0.1) is 5.52 Å². The Labute approximate surface area is 171 Å². The van der Waals surface area contributed by atoms with Gasteiger partial charge in [0.15, 0.2) is 0 Å². The van der Waals surface area contributed by atoms with Crippen LogP contribution < -0.4 is 15.5 Å². The topological polar surface area (TPSA) is 53.1 Å². The maximum absolute atomic E-state index is 4.78. The Kier molecular flexibility index (Phi) is 5.78. The molecule has 0 spiro atoms. The summed E-state index contributed by atoms with van der Waals surface area (Å²) in [5, 5.41) is 10.6. The number of nitrogens with zero attached hydrogens (tertiary/aromatic N) is 3. The van der Waals surface area contributed by atoms with Crippen LogP contribution in [-0.4, -0.2) is 36.1 Å². The summed E-state index contributed by atoms with van der Waals surface area (Å²) in [6.07, 6.45) is 4.68. The number of anilines is 2. The minimum absolute atomic E-state index is 0.442. The third kappa shape index (κ3) is 4.28. The smallest absolute Gasteiger partial charge is 0.225 e.